The van der Waals surface area contributed by atoms with E-state index in [0.29, 0.717) is 24.5 Å². The summed E-state index contributed by atoms with van der Waals surface area (Å²) in [5.74, 6) is 0.967. The molecule has 5 nitrogen and oxygen atoms in total. The van der Waals surface area contributed by atoms with Gasteiger partial charge in [-0.05, 0) is 55.0 Å². The number of unbranched alkanes of at least 4 members (excludes halogenated alkanes) is 1. The van der Waals surface area contributed by atoms with Gasteiger partial charge in [-0.3, -0.25) is 10.1 Å². The molecule has 0 heterocycles. The van der Waals surface area contributed by atoms with E-state index in [2.05, 4.69) is 24.1 Å². The van der Waals surface area contributed by atoms with Gasteiger partial charge >= 0.3 is 0 Å². The first-order valence-electron chi connectivity index (χ1n) is 8.82. The van der Waals surface area contributed by atoms with Crippen LogP contribution in [0.5, 0.6) is 11.5 Å². The molecule has 0 fully saturated rings. The second kappa shape index (κ2) is 11.0. The molecule has 2 aromatic carbocycles. The molecule has 2 rings (SSSR count). The molecule has 0 aliphatic heterocycles. The average Bonchev–Trinajstić information content (AvgIpc) is 2.68. The maximum Gasteiger partial charge on any atom is 0.261 e. The first kappa shape index (κ1) is 20.5. The van der Waals surface area contributed by atoms with Crippen molar-refractivity contribution < 1.29 is 14.3 Å². The van der Waals surface area contributed by atoms with Crippen LogP contribution in [0, 0.1) is 0 Å². The topological polar surface area (TPSA) is 59.6 Å². The van der Waals surface area contributed by atoms with Gasteiger partial charge in [0, 0.05) is 5.69 Å². The number of hydrogen-bond acceptors (Lipinski definition) is 4. The summed E-state index contributed by atoms with van der Waals surface area (Å²) in [4.78, 5) is 12.5. The zero-order valence-corrected chi connectivity index (χ0v) is 16.2. The number of carbonyl (C=O) groups excluding carboxylic acids is 1. The second-order valence-corrected chi connectivity index (χ2v) is 6.14. The number of anilines is 1. The van der Waals surface area contributed by atoms with Gasteiger partial charge in [0.2, 0.25) is 0 Å². The van der Waals surface area contributed by atoms with Crippen LogP contribution in [0.3, 0.4) is 0 Å². The van der Waals surface area contributed by atoms with Gasteiger partial charge in [-0.2, -0.15) is 0 Å². The molecular weight excluding hydrogens is 360 g/mol. The van der Waals surface area contributed by atoms with Crippen LogP contribution in [0.2, 0.25) is 0 Å². The van der Waals surface area contributed by atoms with Gasteiger partial charge in [-0.25, -0.2) is 0 Å². The van der Waals surface area contributed by atoms with E-state index in [9.17, 15) is 4.79 Å². The van der Waals surface area contributed by atoms with E-state index < -0.39 is 0 Å². The Hall–Kier alpha value is -2.86. The van der Waals surface area contributed by atoms with Crippen LogP contribution >= 0.6 is 12.2 Å². The molecule has 0 atom stereocenters. The van der Waals surface area contributed by atoms with E-state index in [0.717, 1.165) is 24.3 Å². The highest BCUT2D eigenvalue weighted by Gasteiger charge is 2.13. The molecule has 0 bridgehead atoms. The number of carbonyl (C=O) groups is 1. The van der Waals surface area contributed by atoms with Crippen LogP contribution in [0.25, 0.3) is 0 Å². The van der Waals surface area contributed by atoms with E-state index in [1.807, 2.05) is 30.3 Å². The normalized spacial score (nSPS) is 9.96. The molecule has 142 valence electrons. The molecular formula is C21H24N2O3S. The highest BCUT2D eigenvalue weighted by molar-refractivity contribution is 7.80. The van der Waals surface area contributed by atoms with Crippen LogP contribution in [-0.2, 0) is 0 Å². The van der Waals surface area contributed by atoms with Crippen LogP contribution in [0.1, 0.15) is 30.1 Å². The zero-order chi connectivity index (χ0) is 19.5. The Balaban J connectivity index is 1.93. The molecule has 0 spiro atoms. The van der Waals surface area contributed by atoms with Crippen molar-refractivity contribution in [3.05, 3.63) is 66.7 Å². The van der Waals surface area contributed by atoms with Crippen molar-refractivity contribution in [1.82, 2.24) is 5.32 Å². The lowest BCUT2D eigenvalue weighted by Gasteiger charge is -2.13. The summed E-state index contributed by atoms with van der Waals surface area (Å²) in [5, 5.41) is 5.87. The Labute approximate surface area is 165 Å². The van der Waals surface area contributed by atoms with Crippen LogP contribution in [0.15, 0.2) is 61.2 Å². The zero-order valence-electron chi connectivity index (χ0n) is 15.4. The van der Waals surface area contributed by atoms with E-state index in [4.69, 9.17) is 21.7 Å². The fourth-order valence-corrected chi connectivity index (χ4v) is 2.44. The minimum Gasteiger partial charge on any atom is -0.493 e. The third-order valence-electron chi connectivity index (χ3n) is 3.59. The second-order valence-electron chi connectivity index (χ2n) is 5.73. The Morgan fingerprint density at radius 3 is 2.59 bits per heavy atom. The lowest BCUT2D eigenvalue weighted by atomic mass is 10.2. The van der Waals surface area contributed by atoms with Crippen molar-refractivity contribution in [3.8, 4) is 11.5 Å². The molecule has 0 radical (unpaired) electrons. The Bertz CT molecular complexity index is 775. The van der Waals surface area contributed by atoms with Crippen LogP contribution in [-0.4, -0.2) is 24.2 Å². The maximum atomic E-state index is 12.5. The van der Waals surface area contributed by atoms with Crippen molar-refractivity contribution in [2.75, 3.05) is 18.5 Å². The maximum absolute atomic E-state index is 12.5. The van der Waals surface area contributed by atoms with Crippen LogP contribution < -0.4 is 20.1 Å². The van der Waals surface area contributed by atoms with E-state index >= 15 is 0 Å². The average molecular weight is 385 g/mol. The number of rotatable bonds is 9. The Morgan fingerprint density at radius 2 is 1.89 bits per heavy atom. The first-order chi connectivity index (χ1) is 13.1. The lowest BCUT2D eigenvalue weighted by Crippen LogP contribution is -2.34. The van der Waals surface area contributed by atoms with Gasteiger partial charge in [-0.1, -0.05) is 38.1 Å². The molecule has 1 amide bonds. The minimum atomic E-state index is -0.314. The van der Waals surface area contributed by atoms with Gasteiger partial charge in [0.15, 0.2) is 5.11 Å². The van der Waals surface area contributed by atoms with E-state index in [1.54, 1.807) is 24.3 Å². The minimum absolute atomic E-state index is 0.211. The highest BCUT2D eigenvalue weighted by atomic mass is 32.1. The summed E-state index contributed by atoms with van der Waals surface area (Å²) in [5.41, 5.74) is 1.20. The summed E-state index contributed by atoms with van der Waals surface area (Å²) >= 11 is 5.24. The molecule has 2 N–H and O–H groups in total. The SMILES string of the molecule is C=CCOc1ccc(NC(=S)NC(=O)c2ccccc2OCCCC)cc1. The molecule has 0 aliphatic carbocycles. The molecule has 0 aliphatic rings. The van der Waals surface area contributed by atoms with Crippen LogP contribution in [0.4, 0.5) is 5.69 Å². The number of nitrogens with one attached hydrogen (secondary N) is 2. The summed E-state index contributed by atoms with van der Waals surface area (Å²) in [6.07, 6.45) is 3.64. The predicted molar refractivity (Wildman–Crippen MR) is 113 cm³/mol. The van der Waals surface area contributed by atoms with E-state index in [-0.39, 0.29) is 11.0 Å². The number of para-hydroxylation sites is 1. The summed E-state index contributed by atoms with van der Waals surface area (Å²) in [7, 11) is 0. The van der Waals surface area contributed by atoms with Gasteiger partial charge < -0.3 is 14.8 Å². The molecule has 27 heavy (non-hydrogen) atoms. The molecule has 0 aromatic heterocycles. The fourth-order valence-electron chi connectivity index (χ4n) is 2.23. The molecule has 6 heteroatoms. The molecule has 2 aromatic rings. The third kappa shape index (κ3) is 6.75. The molecule has 0 unspecified atom stereocenters. The van der Waals surface area contributed by atoms with E-state index in [1.165, 1.54) is 0 Å². The number of amides is 1. The quantitative estimate of drug-likeness (QED) is 0.377. The lowest BCUT2D eigenvalue weighted by molar-refractivity contribution is 0.0973. The Kier molecular flexibility index (Phi) is 8.32. The third-order valence-corrected chi connectivity index (χ3v) is 3.80. The highest BCUT2D eigenvalue weighted by Crippen LogP contribution is 2.19. The monoisotopic (exact) mass is 384 g/mol. The number of benzene rings is 2. The standard InChI is InChI=1S/C21H24N2O3S/c1-3-5-15-26-19-9-7-6-8-18(19)20(24)23-21(27)22-16-10-12-17(13-11-16)25-14-4-2/h4,6-13H,2-3,5,14-15H2,1H3,(H2,22,23,24,27). The fraction of sp³-hybridized carbons (Fsp3) is 0.238. The number of thiocarbonyl (C=S) groups is 1. The summed E-state index contributed by atoms with van der Waals surface area (Å²) in [6.45, 7) is 6.71. The smallest absolute Gasteiger partial charge is 0.261 e. The van der Waals surface area contributed by atoms with Crippen molar-refractivity contribution >= 4 is 28.9 Å². The van der Waals surface area contributed by atoms with Crippen molar-refractivity contribution in [2.45, 2.75) is 19.8 Å². The predicted octanol–water partition coefficient (Wildman–Crippen LogP) is 4.56. The van der Waals surface area contributed by atoms with Crippen molar-refractivity contribution in [1.29, 1.82) is 0 Å². The molecule has 0 saturated carbocycles. The molecule has 0 saturated heterocycles. The summed E-state index contributed by atoms with van der Waals surface area (Å²) < 4.78 is 11.1. The van der Waals surface area contributed by atoms with Crippen molar-refractivity contribution in [2.24, 2.45) is 0 Å². The van der Waals surface area contributed by atoms with Gasteiger partial charge in [-0.15, -0.1) is 0 Å². The van der Waals surface area contributed by atoms with Crippen molar-refractivity contribution in [3.63, 3.8) is 0 Å². The van der Waals surface area contributed by atoms with Gasteiger partial charge in [0.1, 0.15) is 18.1 Å². The van der Waals surface area contributed by atoms with Gasteiger partial charge in [0.25, 0.3) is 5.91 Å². The Morgan fingerprint density at radius 1 is 1.15 bits per heavy atom. The van der Waals surface area contributed by atoms with Gasteiger partial charge in [0.05, 0.1) is 12.2 Å². The number of ether oxygens (including phenoxy) is 2. The number of hydrogen-bond donors (Lipinski definition) is 2. The summed E-state index contributed by atoms with van der Waals surface area (Å²) in [6, 6.07) is 14.4. The largest absolute Gasteiger partial charge is 0.493 e. The first-order valence-corrected chi connectivity index (χ1v) is 9.22.